The third-order valence-corrected chi connectivity index (χ3v) is 2.95. The first kappa shape index (κ1) is 14.7. The number of ether oxygens (including phenoxy) is 2. The van der Waals surface area contributed by atoms with E-state index in [-0.39, 0.29) is 0 Å². The van der Waals surface area contributed by atoms with E-state index in [4.69, 9.17) is 15.2 Å². The van der Waals surface area contributed by atoms with E-state index in [1.54, 1.807) is 14.0 Å². The molecule has 0 aromatic heterocycles. The van der Waals surface area contributed by atoms with Crippen molar-refractivity contribution < 1.29 is 14.3 Å². The second-order valence-electron chi connectivity index (χ2n) is 4.31. The summed E-state index contributed by atoms with van der Waals surface area (Å²) in [5.74, 6) is 0.0843. The topological polar surface area (TPSA) is 73.9 Å². The summed E-state index contributed by atoms with van der Waals surface area (Å²) in [6, 6.07) is 0. The molecule has 2 N–H and O–H groups in total. The lowest BCUT2D eigenvalue weighted by Gasteiger charge is -2.22. The number of nitrogens with two attached hydrogens (primary N) is 1. The highest BCUT2D eigenvalue weighted by Crippen LogP contribution is 2.22. The molecule has 0 atom stereocenters. The summed E-state index contributed by atoms with van der Waals surface area (Å²) < 4.78 is 10.3. The van der Waals surface area contributed by atoms with Crippen molar-refractivity contribution in [3.63, 3.8) is 0 Å². The van der Waals surface area contributed by atoms with Gasteiger partial charge in [-0.2, -0.15) is 0 Å². The number of carbonyl (C=O) groups excluding carboxylic acids is 1. The van der Waals surface area contributed by atoms with Crippen LogP contribution in [0.15, 0.2) is 16.3 Å². The molecule has 102 valence electrons. The van der Waals surface area contributed by atoms with Gasteiger partial charge in [-0.05, 0) is 32.1 Å². The van der Waals surface area contributed by atoms with Gasteiger partial charge in [0.15, 0.2) is 0 Å². The van der Waals surface area contributed by atoms with Gasteiger partial charge in [0.25, 0.3) is 0 Å². The van der Waals surface area contributed by atoms with E-state index < -0.39 is 5.97 Å². The summed E-state index contributed by atoms with van der Waals surface area (Å²) in [6.45, 7) is 3.65. The smallest absolute Gasteiger partial charge is 0.341 e. The van der Waals surface area contributed by atoms with Crippen LogP contribution < -0.4 is 5.73 Å². The Balaban J connectivity index is 2.72. The van der Waals surface area contributed by atoms with Crippen LogP contribution in [0.2, 0.25) is 0 Å². The van der Waals surface area contributed by atoms with E-state index in [9.17, 15) is 4.79 Å². The lowest BCUT2D eigenvalue weighted by Crippen LogP contribution is -2.21. The second kappa shape index (κ2) is 7.87. The summed E-state index contributed by atoms with van der Waals surface area (Å²) >= 11 is 0. The highest BCUT2D eigenvalue weighted by atomic mass is 16.5. The lowest BCUT2D eigenvalue weighted by molar-refractivity contribution is -0.137. The van der Waals surface area contributed by atoms with Crippen LogP contribution in [0.5, 0.6) is 0 Å². The predicted molar refractivity (Wildman–Crippen MR) is 70.4 cm³/mol. The molecule has 0 aromatic carbocycles. The molecule has 1 aliphatic heterocycles. The number of carbonyl (C=O) groups is 1. The third kappa shape index (κ3) is 4.49. The average molecular weight is 254 g/mol. The molecule has 0 amide bonds. The summed E-state index contributed by atoms with van der Waals surface area (Å²) in [5, 5.41) is 0. The largest absolute Gasteiger partial charge is 0.462 e. The number of nitrogens with zero attached hydrogens (tertiary/aromatic N) is 1. The maximum absolute atomic E-state index is 11.7. The van der Waals surface area contributed by atoms with E-state index in [2.05, 4.69) is 4.99 Å². The molecule has 18 heavy (non-hydrogen) atoms. The molecule has 0 saturated carbocycles. The fourth-order valence-electron chi connectivity index (χ4n) is 1.98. The maximum atomic E-state index is 11.7. The number of aliphatic imine (C=N–C) groups is 1. The van der Waals surface area contributed by atoms with E-state index in [1.165, 1.54) is 6.21 Å². The number of hydrogen-bond acceptors (Lipinski definition) is 5. The van der Waals surface area contributed by atoms with Crippen LogP contribution in [0, 0.1) is 5.92 Å². The van der Waals surface area contributed by atoms with Gasteiger partial charge in [-0.25, -0.2) is 4.79 Å². The Labute approximate surface area is 108 Å². The monoisotopic (exact) mass is 254 g/mol. The van der Waals surface area contributed by atoms with Gasteiger partial charge in [0, 0.05) is 32.2 Å². The van der Waals surface area contributed by atoms with Crippen LogP contribution in [0.4, 0.5) is 0 Å². The first-order valence-electron chi connectivity index (χ1n) is 6.34. The summed E-state index contributed by atoms with van der Waals surface area (Å²) in [5.41, 5.74) is 6.95. The van der Waals surface area contributed by atoms with Crippen LogP contribution in [0.1, 0.15) is 26.2 Å². The first-order chi connectivity index (χ1) is 8.69. The molecule has 0 radical (unpaired) electrons. The Morgan fingerprint density at radius 1 is 1.50 bits per heavy atom. The summed E-state index contributed by atoms with van der Waals surface area (Å²) in [7, 11) is 1.61. The van der Waals surface area contributed by atoms with E-state index in [0.717, 1.165) is 26.1 Å². The van der Waals surface area contributed by atoms with Crippen LogP contribution >= 0.6 is 0 Å². The van der Waals surface area contributed by atoms with Crippen LogP contribution in [0.3, 0.4) is 0 Å². The van der Waals surface area contributed by atoms with Gasteiger partial charge in [0.1, 0.15) is 0 Å². The molecule has 0 unspecified atom stereocenters. The number of esters is 1. The fraction of sp³-hybridized carbons (Fsp3) is 0.692. The Morgan fingerprint density at radius 3 is 2.72 bits per heavy atom. The highest BCUT2D eigenvalue weighted by Gasteiger charge is 2.19. The van der Waals surface area contributed by atoms with E-state index in [0.29, 0.717) is 30.2 Å². The minimum Gasteiger partial charge on any atom is -0.462 e. The van der Waals surface area contributed by atoms with Crippen molar-refractivity contribution in [2.75, 3.05) is 26.9 Å². The van der Waals surface area contributed by atoms with E-state index >= 15 is 0 Å². The van der Waals surface area contributed by atoms with Gasteiger partial charge in [-0.3, -0.25) is 4.99 Å². The molecule has 1 fully saturated rings. The first-order valence-corrected chi connectivity index (χ1v) is 6.34. The summed E-state index contributed by atoms with van der Waals surface area (Å²) in [4.78, 5) is 15.6. The molecule has 5 heteroatoms. The molecular formula is C13H22N2O3. The van der Waals surface area contributed by atoms with Crippen molar-refractivity contribution in [1.29, 1.82) is 0 Å². The number of allylic oxidation sites excluding steroid dienone is 1. The molecule has 0 aromatic rings. The Bertz CT molecular complexity index is 331. The molecule has 1 aliphatic rings. The van der Waals surface area contributed by atoms with Gasteiger partial charge >= 0.3 is 5.97 Å². The predicted octanol–water partition coefficient (Wildman–Crippen LogP) is 1.28. The standard InChI is InChI=1S/C13H22N2O3/c1-3-18-13(16)11(9-15-2)12(14)8-10-4-6-17-7-5-10/h9-10H,3-8,14H2,1-2H3. The zero-order chi connectivity index (χ0) is 13.4. The normalized spacial score (nSPS) is 18.8. The molecular weight excluding hydrogens is 232 g/mol. The molecule has 0 aliphatic carbocycles. The van der Waals surface area contributed by atoms with Gasteiger partial charge < -0.3 is 15.2 Å². The third-order valence-electron chi connectivity index (χ3n) is 2.95. The van der Waals surface area contributed by atoms with Crippen molar-refractivity contribution in [1.82, 2.24) is 0 Å². The Hall–Kier alpha value is -1.36. The summed E-state index contributed by atoms with van der Waals surface area (Å²) in [6.07, 6.45) is 4.15. The molecule has 1 heterocycles. The van der Waals surface area contributed by atoms with Crippen molar-refractivity contribution in [3.05, 3.63) is 11.3 Å². The van der Waals surface area contributed by atoms with Crippen molar-refractivity contribution in [2.45, 2.75) is 26.2 Å². The quantitative estimate of drug-likeness (QED) is 0.455. The van der Waals surface area contributed by atoms with Crippen molar-refractivity contribution in [3.8, 4) is 0 Å². The Morgan fingerprint density at radius 2 is 2.17 bits per heavy atom. The van der Waals surface area contributed by atoms with Crippen LogP contribution in [-0.2, 0) is 14.3 Å². The van der Waals surface area contributed by atoms with Gasteiger partial charge in [0.05, 0.1) is 12.2 Å². The van der Waals surface area contributed by atoms with Crippen molar-refractivity contribution in [2.24, 2.45) is 16.6 Å². The zero-order valence-corrected chi connectivity index (χ0v) is 11.1. The fourth-order valence-corrected chi connectivity index (χ4v) is 1.98. The molecule has 0 bridgehead atoms. The van der Waals surface area contributed by atoms with Gasteiger partial charge in [-0.15, -0.1) is 0 Å². The minimum atomic E-state index is -0.396. The molecule has 1 rings (SSSR count). The lowest BCUT2D eigenvalue weighted by atomic mass is 9.93. The maximum Gasteiger partial charge on any atom is 0.341 e. The molecule has 1 saturated heterocycles. The SMILES string of the molecule is CCOC(=O)C(C=NC)=C(N)CC1CCOCC1. The van der Waals surface area contributed by atoms with E-state index in [1.807, 2.05) is 0 Å². The highest BCUT2D eigenvalue weighted by molar-refractivity contribution is 6.10. The zero-order valence-electron chi connectivity index (χ0n) is 11.1. The van der Waals surface area contributed by atoms with Gasteiger partial charge in [-0.1, -0.05) is 0 Å². The van der Waals surface area contributed by atoms with Crippen LogP contribution in [0.25, 0.3) is 0 Å². The Kier molecular flexibility index (Phi) is 6.43. The van der Waals surface area contributed by atoms with Gasteiger partial charge in [0.2, 0.25) is 0 Å². The average Bonchev–Trinajstić information content (AvgIpc) is 2.37. The minimum absolute atomic E-state index is 0.338. The van der Waals surface area contributed by atoms with Crippen LogP contribution in [-0.4, -0.2) is 39.1 Å². The second-order valence-corrected chi connectivity index (χ2v) is 4.31. The number of rotatable bonds is 5. The number of hydrogen-bond donors (Lipinski definition) is 1. The molecule has 5 nitrogen and oxygen atoms in total. The van der Waals surface area contributed by atoms with Crippen molar-refractivity contribution >= 4 is 12.2 Å². The molecule has 0 spiro atoms.